The van der Waals surface area contributed by atoms with Crippen LogP contribution in [0.2, 0.25) is 0 Å². The second kappa shape index (κ2) is 9.86. The molecule has 0 bridgehead atoms. The van der Waals surface area contributed by atoms with Crippen LogP contribution in [0, 0.1) is 10.1 Å². The number of halogens is 1. The molecule has 0 spiro atoms. The van der Waals surface area contributed by atoms with Crippen LogP contribution in [0.25, 0.3) is 0 Å². The molecule has 1 rings (SSSR count). The lowest BCUT2D eigenvalue weighted by Gasteiger charge is -2.08. The average molecular weight is 328 g/mol. The summed E-state index contributed by atoms with van der Waals surface area (Å²) < 4.78 is 11.7. The van der Waals surface area contributed by atoms with Crippen molar-refractivity contribution in [2.75, 3.05) is 6.54 Å². The van der Waals surface area contributed by atoms with E-state index in [-0.39, 0.29) is 18.1 Å². The van der Waals surface area contributed by atoms with Crippen molar-refractivity contribution in [3.63, 3.8) is 0 Å². The van der Waals surface area contributed by atoms with Gasteiger partial charge in [-0.2, -0.15) is 5.54 Å². The first kappa shape index (κ1) is 19.0. The van der Waals surface area contributed by atoms with Gasteiger partial charge < -0.3 is 10.4 Å². The molecule has 0 saturated carbocycles. The fraction of sp³-hybridized carbons (Fsp3) is 0.533. The Morgan fingerprint density at radius 1 is 1.39 bits per heavy atom. The van der Waals surface area contributed by atoms with Gasteiger partial charge in [0.25, 0.3) is 5.69 Å². The van der Waals surface area contributed by atoms with Crippen molar-refractivity contribution in [3.05, 3.63) is 39.4 Å². The van der Waals surface area contributed by atoms with Gasteiger partial charge in [-0.3, -0.25) is 14.9 Å². The van der Waals surface area contributed by atoms with Crippen LogP contribution in [0.1, 0.15) is 49.8 Å². The molecule has 0 aliphatic heterocycles. The number of amides is 1. The number of unbranched alkanes of at least 4 members (excludes halogenated alkanes) is 2. The number of nitro benzene ring substituents is 1. The van der Waals surface area contributed by atoms with Gasteiger partial charge in [0.1, 0.15) is 5.56 Å². The van der Waals surface area contributed by atoms with Crippen LogP contribution in [-0.2, 0) is 11.3 Å². The predicted octanol–water partition coefficient (Wildman–Crippen LogP) is 2.03. The van der Waals surface area contributed by atoms with E-state index < -0.39 is 11.0 Å². The van der Waals surface area contributed by atoms with Gasteiger partial charge in [-0.25, -0.2) is 0 Å². The zero-order valence-electron chi connectivity index (χ0n) is 13.1. The zero-order chi connectivity index (χ0) is 17.2. The van der Waals surface area contributed by atoms with E-state index in [1.54, 1.807) is 24.6 Å². The van der Waals surface area contributed by atoms with Crippen molar-refractivity contribution in [2.45, 2.75) is 45.3 Å². The van der Waals surface area contributed by atoms with Crippen molar-refractivity contribution >= 4 is 11.6 Å². The summed E-state index contributed by atoms with van der Waals surface area (Å²) in [4.78, 5) is 22.1. The highest BCUT2D eigenvalue weighted by atomic mass is 19.2. The molecule has 1 unspecified atom stereocenters. The van der Waals surface area contributed by atoms with Crippen LogP contribution in [0.3, 0.4) is 0 Å². The molecule has 23 heavy (non-hydrogen) atoms. The van der Waals surface area contributed by atoms with Crippen LogP contribution < -0.4 is 10.9 Å². The molecule has 7 nitrogen and oxygen atoms in total. The Hall–Kier alpha value is -2.06. The second-order valence-electron chi connectivity index (χ2n) is 5.34. The molecule has 0 radical (unpaired) electrons. The number of nitrogens with zero attached hydrogens (tertiary/aromatic N) is 1. The number of rotatable bonds is 10. The maximum Gasteiger partial charge on any atom is 0.280 e. The minimum atomic E-state index is -0.713. The Morgan fingerprint density at radius 3 is 2.74 bits per heavy atom. The molecule has 0 aromatic heterocycles. The van der Waals surface area contributed by atoms with Crippen molar-refractivity contribution in [1.29, 1.82) is 0 Å². The number of hydrogen-bond donors (Lipinski definition) is 2. The highest BCUT2D eigenvalue weighted by Gasteiger charge is 2.20. The van der Waals surface area contributed by atoms with Gasteiger partial charge in [-0.15, -0.1) is 4.48 Å². The Balaban J connectivity index is 2.50. The quantitative estimate of drug-likeness (QED) is 0.225. The zero-order valence-corrected chi connectivity index (χ0v) is 13.1. The van der Waals surface area contributed by atoms with E-state index in [0.717, 1.165) is 12.0 Å². The average Bonchev–Trinajstić information content (AvgIpc) is 2.52. The highest BCUT2D eigenvalue weighted by Crippen LogP contribution is 2.26. The van der Waals surface area contributed by atoms with Gasteiger partial charge >= 0.3 is 0 Å². The summed E-state index contributed by atoms with van der Waals surface area (Å²) in [5.74, 6) is -0.114. The van der Waals surface area contributed by atoms with Gasteiger partial charge in [0.05, 0.1) is 4.92 Å². The van der Waals surface area contributed by atoms with Gasteiger partial charge in [-0.1, -0.05) is 12.5 Å². The molecule has 1 amide bonds. The first-order valence-electron chi connectivity index (χ1n) is 7.54. The summed E-state index contributed by atoms with van der Waals surface area (Å²) in [6.07, 6.45) is 1.78. The third kappa shape index (κ3) is 6.70. The number of carbonyl (C=O) groups is 1. The van der Waals surface area contributed by atoms with Crippen molar-refractivity contribution in [3.8, 4) is 0 Å². The van der Waals surface area contributed by atoms with Crippen molar-refractivity contribution < 1.29 is 19.3 Å². The Morgan fingerprint density at radius 2 is 2.13 bits per heavy atom. The summed E-state index contributed by atoms with van der Waals surface area (Å²) in [7, 11) is 0. The molecule has 0 heterocycles. The summed E-state index contributed by atoms with van der Waals surface area (Å²) in [5.41, 5.74) is 2.54. The Kier molecular flexibility index (Phi) is 8.14. The van der Waals surface area contributed by atoms with Gasteiger partial charge in [0.15, 0.2) is 6.10 Å². The van der Waals surface area contributed by atoms with E-state index in [2.05, 4.69) is 5.32 Å². The van der Waals surface area contributed by atoms with E-state index >= 15 is 0 Å². The molecule has 0 aliphatic carbocycles. The van der Waals surface area contributed by atoms with Crippen LogP contribution >= 0.6 is 0 Å². The lowest BCUT2D eigenvalue weighted by Crippen LogP contribution is -2.22. The largest absolute Gasteiger partial charge is 0.440 e. The maximum atomic E-state index is 11.7. The third-order valence-electron chi connectivity index (χ3n) is 3.42. The van der Waals surface area contributed by atoms with Crippen LogP contribution in [0.4, 0.5) is 10.2 Å². The summed E-state index contributed by atoms with van der Waals surface area (Å²) >= 11 is 0. The molecule has 1 atom stereocenters. The summed E-state index contributed by atoms with van der Waals surface area (Å²) in [6, 6.07) is 4.53. The Labute approximate surface area is 134 Å². The van der Waals surface area contributed by atoms with E-state index in [1.807, 2.05) is 0 Å². The number of hydrogen-bond acceptors (Lipinski definition) is 4. The predicted molar refractivity (Wildman–Crippen MR) is 84.6 cm³/mol. The van der Waals surface area contributed by atoms with Crippen molar-refractivity contribution in [2.24, 2.45) is 0 Å². The fourth-order valence-electron chi connectivity index (χ4n) is 2.17. The minimum Gasteiger partial charge on any atom is -0.440 e. The number of carbonyl (C=O) groups excluding carboxylic acids is 1. The smallest absolute Gasteiger partial charge is 0.280 e. The van der Waals surface area contributed by atoms with Gasteiger partial charge in [-0.05, 0) is 24.5 Å². The molecule has 128 valence electrons. The van der Waals surface area contributed by atoms with Crippen molar-refractivity contribution in [1.82, 2.24) is 10.9 Å². The molecular weight excluding hydrogens is 305 g/mol. The van der Waals surface area contributed by atoms with Crippen LogP contribution in [0.5, 0.6) is 0 Å². The summed E-state index contributed by atoms with van der Waals surface area (Å²) in [6.45, 7) is 2.12. The molecule has 0 fully saturated rings. The van der Waals surface area contributed by atoms with E-state index in [9.17, 15) is 19.4 Å². The second-order valence-corrected chi connectivity index (χ2v) is 5.34. The normalized spacial score (nSPS) is 12.0. The lowest BCUT2D eigenvalue weighted by molar-refractivity contribution is -0.386. The molecule has 8 heteroatoms. The number of benzene rings is 1. The fourth-order valence-corrected chi connectivity index (χ4v) is 2.17. The van der Waals surface area contributed by atoms with E-state index in [0.29, 0.717) is 31.4 Å². The van der Waals surface area contributed by atoms with Crippen LogP contribution in [-0.4, -0.2) is 22.5 Å². The minimum absolute atomic E-state index is 0.0796. The first-order valence-corrected chi connectivity index (χ1v) is 7.54. The standard InChI is InChI=1S/C15H22FN3O4/c1-11(20)13-9-12(6-7-14(13)19(22)23)10-17-15(21)5-3-2-4-8-18-16/h6-7,9,11,18,20H,2-5,8,10H2,1H3,(H,17,21)/p+1. The van der Waals surface area contributed by atoms with E-state index in [4.69, 9.17) is 5.11 Å². The summed E-state index contributed by atoms with van der Waals surface area (Å²) in [5, 5.41) is 21.4. The molecular formula is C15H23FN3O4+. The molecule has 4 N–H and O–H groups in total. The topological polar surface area (TPSA) is 107 Å². The van der Waals surface area contributed by atoms with E-state index in [1.165, 1.54) is 6.07 Å². The SMILES string of the molecule is CC([OH2+])c1cc(CNC(=O)CCCCCNF)ccc1[N+](=O)[O-]. The number of nitro groups is 1. The monoisotopic (exact) mass is 328 g/mol. The van der Waals surface area contributed by atoms with Gasteiger partial charge in [0, 0.05) is 32.5 Å². The molecule has 1 aromatic carbocycles. The molecule has 0 saturated heterocycles. The number of nitrogens with one attached hydrogen (secondary N) is 2. The van der Waals surface area contributed by atoms with Crippen LogP contribution in [0.15, 0.2) is 18.2 Å². The molecule has 1 aromatic rings. The molecule has 0 aliphatic rings. The third-order valence-corrected chi connectivity index (χ3v) is 3.42. The first-order chi connectivity index (χ1) is 11.0. The lowest BCUT2D eigenvalue weighted by atomic mass is 10.0. The highest BCUT2D eigenvalue weighted by molar-refractivity contribution is 5.75. The van der Waals surface area contributed by atoms with Gasteiger partial charge in [0.2, 0.25) is 5.91 Å². The Bertz CT molecular complexity index is 537. The maximum absolute atomic E-state index is 11.7.